The van der Waals surface area contributed by atoms with E-state index in [0.29, 0.717) is 5.56 Å². The zero-order valence-corrected chi connectivity index (χ0v) is 12.1. The Kier molecular flexibility index (Phi) is 4.26. The lowest BCUT2D eigenvalue weighted by Crippen LogP contribution is -2.20. The summed E-state index contributed by atoms with van der Waals surface area (Å²) in [4.78, 5) is 0. The third-order valence-electron chi connectivity index (χ3n) is 3.84. The Hall–Kier alpha value is -0.940. The fraction of sp³-hybridized carbons (Fsp3) is 0.571. The molecule has 0 spiro atoms. The molecule has 1 N–H and O–H groups in total. The van der Waals surface area contributed by atoms with E-state index in [9.17, 15) is 12.8 Å². The first-order valence-electron chi connectivity index (χ1n) is 6.55. The molecule has 2 atom stereocenters. The number of nitrogens with one attached hydrogen (secondary N) is 1. The van der Waals surface area contributed by atoms with E-state index in [-0.39, 0.29) is 29.3 Å². The second kappa shape index (κ2) is 5.59. The Balaban J connectivity index is 2.10. The number of hydrogen-bond donors (Lipinski definition) is 1. The van der Waals surface area contributed by atoms with Crippen LogP contribution in [0.5, 0.6) is 0 Å². The highest BCUT2D eigenvalue weighted by Crippen LogP contribution is 2.29. The fourth-order valence-electron chi connectivity index (χ4n) is 2.64. The lowest BCUT2D eigenvalue weighted by molar-refractivity contribution is 0.435. The van der Waals surface area contributed by atoms with E-state index in [1.165, 1.54) is 0 Å². The van der Waals surface area contributed by atoms with Gasteiger partial charge in [0.05, 0.1) is 11.5 Å². The van der Waals surface area contributed by atoms with Crippen LogP contribution in [0.4, 0.5) is 4.39 Å². The number of sulfone groups is 1. The molecule has 2 unspecified atom stereocenters. The molecule has 1 heterocycles. The van der Waals surface area contributed by atoms with Crippen molar-refractivity contribution in [2.24, 2.45) is 5.92 Å². The Morgan fingerprint density at radius 3 is 2.74 bits per heavy atom. The van der Waals surface area contributed by atoms with Gasteiger partial charge in [-0.25, -0.2) is 12.8 Å². The molecular formula is C14H20FNO2S. The van der Waals surface area contributed by atoms with E-state index in [1.807, 2.05) is 13.1 Å². The fourth-order valence-corrected chi connectivity index (χ4v) is 4.52. The Morgan fingerprint density at radius 1 is 1.47 bits per heavy atom. The summed E-state index contributed by atoms with van der Waals surface area (Å²) in [6, 6.07) is 5.22. The molecule has 1 aromatic carbocycles. The van der Waals surface area contributed by atoms with Crippen LogP contribution < -0.4 is 5.32 Å². The van der Waals surface area contributed by atoms with Crippen LogP contribution in [0.25, 0.3) is 0 Å². The zero-order chi connectivity index (χ0) is 14.0. The van der Waals surface area contributed by atoms with Gasteiger partial charge < -0.3 is 5.32 Å². The average Bonchev–Trinajstić information content (AvgIpc) is 2.69. The van der Waals surface area contributed by atoms with Crippen molar-refractivity contribution in [2.75, 3.05) is 18.6 Å². The average molecular weight is 285 g/mol. The van der Waals surface area contributed by atoms with Gasteiger partial charge in [-0.05, 0) is 49.9 Å². The van der Waals surface area contributed by atoms with Crippen molar-refractivity contribution >= 4 is 9.84 Å². The van der Waals surface area contributed by atoms with Crippen molar-refractivity contribution < 1.29 is 12.8 Å². The van der Waals surface area contributed by atoms with Gasteiger partial charge in [0.1, 0.15) is 5.82 Å². The number of hydrogen-bond acceptors (Lipinski definition) is 3. The Labute approximate surface area is 114 Å². The number of rotatable bonds is 4. The summed E-state index contributed by atoms with van der Waals surface area (Å²) in [7, 11) is -1.02. The van der Waals surface area contributed by atoms with Crippen molar-refractivity contribution in [3.63, 3.8) is 0 Å². The van der Waals surface area contributed by atoms with Crippen molar-refractivity contribution in [2.45, 2.75) is 25.8 Å². The first-order chi connectivity index (χ1) is 8.91. The third kappa shape index (κ3) is 3.54. The van der Waals surface area contributed by atoms with Gasteiger partial charge in [-0.2, -0.15) is 0 Å². The van der Waals surface area contributed by atoms with Gasteiger partial charge in [-0.15, -0.1) is 0 Å². The molecule has 1 fully saturated rings. The van der Waals surface area contributed by atoms with Crippen LogP contribution >= 0.6 is 0 Å². The molecule has 1 aliphatic rings. The molecular weight excluding hydrogens is 265 g/mol. The van der Waals surface area contributed by atoms with Gasteiger partial charge in [0.15, 0.2) is 9.84 Å². The highest BCUT2D eigenvalue weighted by Gasteiger charge is 2.29. The first kappa shape index (κ1) is 14.5. The van der Waals surface area contributed by atoms with Gasteiger partial charge in [0, 0.05) is 6.04 Å². The number of halogens is 1. The van der Waals surface area contributed by atoms with Crippen LogP contribution in [0.1, 0.15) is 30.0 Å². The normalized spacial score (nSPS) is 23.4. The minimum absolute atomic E-state index is 0.00778. The van der Waals surface area contributed by atoms with Gasteiger partial charge in [-0.1, -0.05) is 12.1 Å². The Morgan fingerprint density at radius 2 is 2.21 bits per heavy atom. The van der Waals surface area contributed by atoms with Gasteiger partial charge in [0.2, 0.25) is 0 Å². The second-order valence-corrected chi connectivity index (χ2v) is 7.58. The Bertz CT molecular complexity index is 557. The number of benzene rings is 1. The van der Waals surface area contributed by atoms with E-state index in [2.05, 4.69) is 5.32 Å². The molecule has 0 amide bonds. The summed E-state index contributed by atoms with van der Waals surface area (Å²) >= 11 is 0. The van der Waals surface area contributed by atoms with E-state index < -0.39 is 9.84 Å². The topological polar surface area (TPSA) is 46.2 Å². The third-order valence-corrected chi connectivity index (χ3v) is 5.68. The molecule has 0 bridgehead atoms. The van der Waals surface area contributed by atoms with E-state index >= 15 is 0 Å². The molecule has 0 radical (unpaired) electrons. The first-order valence-corrected chi connectivity index (χ1v) is 8.37. The summed E-state index contributed by atoms with van der Waals surface area (Å²) in [5.74, 6) is 0.513. The summed E-state index contributed by atoms with van der Waals surface area (Å²) in [6.07, 6.45) is 1.45. The predicted molar refractivity (Wildman–Crippen MR) is 74.3 cm³/mol. The molecule has 1 aromatic rings. The predicted octanol–water partition coefficient (Wildman–Crippen LogP) is 2.22. The zero-order valence-electron chi connectivity index (χ0n) is 11.3. The summed E-state index contributed by atoms with van der Waals surface area (Å²) in [6.45, 7) is 1.73. The molecule has 106 valence electrons. The van der Waals surface area contributed by atoms with Crippen LogP contribution in [-0.4, -0.2) is 27.0 Å². The standard InChI is InChI=1S/C14H20FNO2S/c1-10-3-4-12(8-13(10)15)14(16-2)7-11-5-6-19(17,18)9-11/h3-4,8,11,14,16H,5-7,9H2,1-2H3. The van der Waals surface area contributed by atoms with E-state index in [4.69, 9.17) is 0 Å². The van der Waals surface area contributed by atoms with Crippen molar-refractivity contribution in [3.8, 4) is 0 Å². The minimum Gasteiger partial charge on any atom is -0.313 e. The quantitative estimate of drug-likeness (QED) is 0.922. The van der Waals surface area contributed by atoms with Crippen LogP contribution in [-0.2, 0) is 9.84 Å². The maximum Gasteiger partial charge on any atom is 0.150 e. The molecule has 19 heavy (non-hydrogen) atoms. The molecule has 2 rings (SSSR count). The molecule has 0 aromatic heterocycles. The maximum absolute atomic E-state index is 13.6. The second-order valence-electron chi connectivity index (χ2n) is 5.35. The smallest absolute Gasteiger partial charge is 0.150 e. The van der Waals surface area contributed by atoms with Crippen LogP contribution in [0.15, 0.2) is 18.2 Å². The molecule has 0 aliphatic carbocycles. The van der Waals surface area contributed by atoms with Crippen molar-refractivity contribution in [3.05, 3.63) is 35.1 Å². The van der Waals surface area contributed by atoms with Crippen LogP contribution in [0.3, 0.4) is 0 Å². The van der Waals surface area contributed by atoms with Gasteiger partial charge in [-0.3, -0.25) is 0 Å². The molecule has 5 heteroatoms. The van der Waals surface area contributed by atoms with Crippen LogP contribution in [0.2, 0.25) is 0 Å². The van der Waals surface area contributed by atoms with Crippen molar-refractivity contribution in [1.82, 2.24) is 5.32 Å². The van der Waals surface area contributed by atoms with Gasteiger partial charge >= 0.3 is 0 Å². The van der Waals surface area contributed by atoms with Crippen molar-refractivity contribution in [1.29, 1.82) is 0 Å². The lowest BCUT2D eigenvalue weighted by atomic mass is 9.94. The van der Waals surface area contributed by atoms with E-state index in [0.717, 1.165) is 18.4 Å². The summed E-state index contributed by atoms with van der Waals surface area (Å²) < 4.78 is 36.5. The monoisotopic (exact) mass is 285 g/mol. The molecule has 0 saturated carbocycles. The SMILES string of the molecule is CNC(CC1CCS(=O)(=O)C1)c1ccc(C)c(F)c1. The molecule has 1 aliphatic heterocycles. The lowest BCUT2D eigenvalue weighted by Gasteiger charge is -2.20. The van der Waals surface area contributed by atoms with E-state index in [1.54, 1.807) is 19.1 Å². The minimum atomic E-state index is -2.85. The maximum atomic E-state index is 13.6. The largest absolute Gasteiger partial charge is 0.313 e. The van der Waals surface area contributed by atoms with Gasteiger partial charge in [0.25, 0.3) is 0 Å². The van der Waals surface area contributed by atoms with Crippen LogP contribution in [0, 0.1) is 18.7 Å². The highest BCUT2D eigenvalue weighted by atomic mass is 32.2. The number of aryl methyl sites for hydroxylation is 1. The molecule has 3 nitrogen and oxygen atoms in total. The summed E-state index contributed by atoms with van der Waals surface area (Å²) in [5, 5.41) is 3.16. The summed E-state index contributed by atoms with van der Waals surface area (Å²) in [5.41, 5.74) is 1.51. The highest BCUT2D eigenvalue weighted by molar-refractivity contribution is 7.91. The molecule has 1 saturated heterocycles.